The molecule has 2 aliphatic heterocycles. The van der Waals surface area contributed by atoms with Crippen molar-refractivity contribution in [1.29, 1.82) is 0 Å². The van der Waals surface area contributed by atoms with Crippen LogP contribution in [0.5, 0.6) is 11.5 Å². The number of anilines is 1. The Bertz CT molecular complexity index is 1120. The van der Waals surface area contributed by atoms with Crippen LogP contribution < -0.4 is 14.8 Å². The summed E-state index contributed by atoms with van der Waals surface area (Å²) >= 11 is 0. The van der Waals surface area contributed by atoms with E-state index < -0.39 is 10.0 Å². The largest absolute Gasteiger partial charge is 0.492 e. The topological polar surface area (TPSA) is 84.9 Å². The minimum atomic E-state index is -3.63. The van der Waals surface area contributed by atoms with Crippen LogP contribution in [0.2, 0.25) is 0 Å². The van der Waals surface area contributed by atoms with E-state index in [4.69, 9.17) is 9.47 Å². The van der Waals surface area contributed by atoms with Crippen LogP contribution in [0.3, 0.4) is 0 Å². The van der Waals surface area contributed by atoms with Crippen LogP contribution >= 0.6 is 0 Å². The lowest BCUT2D eigenvalue weighted by Gasteiger charge is -2.26. The molecule has 1 fully saturated rings. The smallest absolute Gasteiger partial charge is 0.256 e. The molecule has 0 aliphatic carbocycles. The van der Waals surface area contributed by atoms with Crippen LogP contribution in [0.25, 0.3) is 0 Å². The molecule has 1 amide bonds. The number of hydrogen-bond acceptors (Lipinski definition) is 5. The number of carbonyl (C=O) groups is 1. The molecular weight excluding hydrogens is 428 g/mol. The number of ether oxygens (including phenoxy) is 2. The SMILES string of the molecule is CCOc1cc2c(cc1NC(=O)c1cc(S(=O)(=O)N3CCCCC3)ccc1C)OC(C)C2. The van der Waals surface area contributed by atoms with Gasteiger partial charge in [0.2, 0.25) is 10.0 Å². The summed E-state index contributed by atoms with van der Waals surface area (Å²) in [5, 5.41) is 2.90. The van der Waals surface area contributed by atoms with E-state index in [1.165, 1.54) is 10.4 Å². The zero-order valence-electron chi connectivity index (χ0n) is 18.8. The molecule has 0 bridgehead atoms. The van der Waals surface area contributed by atoms with E-state index in [1.807, 2.05) is 19.9 Å². The molecule has 32 heavy (non-hydrogen) atoms. The molecular formula is C24H30N2O5S. The fourth-order valence-electron chi connectivity index (χ4n) is 4.26. The molecule has 0 radical (unpaired) electrons. The van der Waals surface area contributed by atoms with Gasteiger partial charge in [-0.1, -0.05) is 12.5 Å². The van der Waals surface area contributed by atoms with E-state index in [2.05, 4.69) is 5.32 Å². The molecule has 1 N–H and O–H groups in total. The fraction of sp³-hybridized carbons (Fsp3) is 0.458. The highest BCUT2D eigenvalue weighted by atomic mass is 32.2. The molecule has 1 saturated heterocycles. The first-order chi connectivity index (χ1) is 15.3. The van der Waals surface area contributed by atoms with Crippen LogP contribution in [0.4, 0.5) is 5.69 Å². The first-order valence-electron chi connectivity index (χ1n) is 11.2. The van der Waals surface area contributed by atoms with Crippen molar-refractivity contribution < 1.29 is 22.7 Å². The normalized spacial score (nSPS) is 18.7. The summed E-state index contributed by atoms with van der Waals surface area (Å²) in [4.78, 5) is 13.3. The number of sulfonamides is 1. The highest BCUT2D eigenvalue weighted by molar-refractivity contribution is 7.89. The summed E-state index contributed by atoms with van der Waals surface area (Å²) < 4.78 is 39.3. The predicted molar refractivity (Wildman–Crippen MR) is 123 cm³/mol. The third-order valence-corrected chi connectivity index (χ3v) is 7.85. The van der Waals surface area contributed by atoms with E-state index in [0.717, 1.165) is 37.0 Å². The van der Waals surface area contributed by atoms with Gasteiger partial charge in [-0.05, 0) is 57.4 Å². The zero-order valence-corrected chi connectivity index (χ0v) is 19.6. The molecule has 0 spiro atoms. The number of nitrogens with zero attached hydrogens (tertiary/aromatic N) is 1. The van der Waals surface area contributed by atoms with Crippen LogP contribution in [0, 0.1) is 6.92 Å². The Hall–Kier alpha value is -2.58. The third kappa shape index (κ3) is 4.47. The minimum absolute atomic E-state index is 0.0735. The van der Waals surface area contributed by atoms with Gasteiger partial charge in [0.1, 0.15) is 17.6 Å². The molecule has 8 heteroatoms. The summed E-state index contributed by atoms with van der Waals surface area (Å²) in [6.45, 7) is 7.17. The third-order valence-electron chi connectivity index (χ3n) is 5.95. The molecule has 0 aromatic heterocycles. The average Bonchev–Trinajstić information content (AvgIpc) is 3.13. The van der Waals surface area contributed by atoms with Crippen molar-refractivity contribution in [2.24, 2.45) is 0 Å². The lowest BCUT2D eigenvalue weighted by atomic mass is 10.1. The minimum Gasteiger partial charge on any atom is -0.492 e. The molecule has 2 heterocycles. The quantitative estimate of drug-likeness (QED) is 0.703. The van der Waals surface area contributed by atoms with Crippen LogP contribution in [-0.4, -0.2) is 44.4 Å². The Labute approximate surface area is 189 Å². The van der Waals surface area contributed by atoms with Gasteiger partial charge >= 0.3 is 0 Å². The van der Waals surface area contributed by atoms with Crippen LogP contribution in [0.1, 0.15) is 54.6 Å². The number of aryl methyl sites for hydroxylation is 1. The van der Waals surface area contributed by atoms with Gasteiger partial charge in [0.05, 0.1) is 17.2 Å². The molecule has 1 atom stereocenters. The zero-order chi connectivity index (χ0) is 22.9. The average molecular weight is 459 g/mol. The maximum atomic E-state index is 13.2. The van der Waals surface area contributed by atoms with E-state index in [-0.39, 0.29) is 16.9 Å². The van der Waals surface area contributed by atoms with Crippen LogP contribution in [-0.2, 0) is 16.4 Å². The number of hydrogen-bond donors (Lipinski definition) is 1. The highest BCUT2D eigenvalue weighted by Gasteiger charge is 2.28. The molecule has 2 aliphatic rings. The van der Waals surface area contributed by atoms with Gasteiger partial charge in [-0.2, -0.15) is 4.31 Å². The number of benzene rings is 2. The van der Waals surface area contributed by atoms with Gasteiger partial charge in [-0.3, -0.25) is 4.79 Å². The maximum Gasteiger partial charge on any atom is 0.256 e. The Kier molecular flexibility index (Phi) is 6.44. The molecule has 2 aromatic carbocycles. The van der Waals surface area contributed by atoms with Crippen molar-refractivity contribution in [1.82, 2.24) is 4.31 Å². The van der Waals surface area contributed by atoms with Gasteiger partial charge < -0.3 is 14.8 Å². The second-order valence-corrected chi connectivity index (χ2v) is 10.4. The lowest BCUT2D eigenvalue weighted by molar-refractivity contribution is 0.102. The first-order valence-corrected chi connectivity index (χ1v) is 12.6. The number of carbonyl (C=O) groups excluding carboxylic acids is 1. The Balaban J connectivity index is 1.63. The van der Waals surface area contributed by atoms with Crippen molar-refractivity contribution in [3.8, 4) is 11.5 Å². The van der Waals surface area contributed by atoms with E-state index in [1.54, 1.807) is 25.1 Å². The monoisotopic (exact) mass is 458 g/mol. The molecule has 2 aromatic rings. The molecule has 1 unspecified atom stereocenters. The number of amides is 1. The Morgan fingerprint density at radius 3 is 2.66 bits per heavy atom. The summed E-state index contributed by atoms with van der Waals surface area (Å²) in [6, 6.07) is 8.42. The number of nitrogens with one attached hydrogen (secondary N) is 1. The van der Waals surface area contributed by atoms with Crippen molar-refractivity contribution in [2.75, 3.05) is 25.0 Å². The number of rotatable bonds is 6. The van der Waals surface area contributed by atoms with Gasteiger partial charge in [0.15, 0.2) is 0 Å². The van der Waals surface area contributed by atoms with Crippen molar-refractivity contribution in [2.45, 2.75) is 57.5 Å². The second kappa shape index (κ2) is 9.11. The standard InChI is InChI=1S/C24H30N2O5S/c1-4-30-23-13-18-12-17(3)31-22(18)15-21(23)25-24(27)20-14-19(9-8-16(20)2)32(28,29)26-10-6-5-7-11-26/h8-9,13-15,17H,4-7,10-12H2,1-3H3,(H,25,27). The second-order valence-electron chi connectivity index (χ2n) is 8.42. The van der Waals surface area contributed by atoms with Crippen molar-refractivity contribution >= 4 is 21.6 Å². The Morgan fingerprint density at radius 1 is 1.19 bits per heavy atom. The summed E-state index contributed by atoms with van der Waals surface area (Å²) in [7, 11) is -3.63. The fourth-order valence-corrected chi connectivity index (χ4v) is 5.81. The first kappa shape index (κ1) is 22.6. The van der Waals surface area contributed by atoms with Gasteiger partial charge in [-0.15, -0.1) is 0 Å². The van der Waals surface area contributed by atoms with E-state index in [9.17, 15) is 13.2 Å². The van der Waals surface area contributed by atoms with Crippen LogP contribution in [0.15, 0.2) is 35.2 Å². The maximum absolute atomic E-state index is 13.2. The van der Waals surface area contributed by atoms with E-state index >= 15 is 0 Å². The van der Waals surface area contributed by atoms with Gasteiger partial charge in [-0.25, -0.2) is 8.42 Å². The van der Waals surface area contributed by atoms with E-state index in [0.29, 0.717) is 42.3 Å². The lowest BCUT2D eigenvalue weighted by Crippen LogP contribution is -2.35. The number of fused-ring (bicyclic) bond motifs is 1. The molecule has 0 saturated carbocycles. The molecule has 4 rings (SSSR count). The molecule has 172 valence electrons. The summed E-state index contributed by atoms with van der Waals surface area (Å²) in [5.41, 5.74) is 2.57. The molecule has 7 nitrogen and oxygen atoms in total. The summed E-state index contributed by atoms with van der Waals surface area (Å²) in [5.74, 6) is 0.923. The summed E-state index contributed by atoms with van der Waals surface area (Å²) in [6.07, 6.45) is 3.62. The van der Waals surface area contributed by atoms with Gasteiger partial charge in [0.25, 0.3) is 5.91 Å². The Morgan fingerprint density at radius 2 is 1.94 bits per heavy atom. The van der Waals surface area contributed by atoms with Gasteiger partial charge in [0, 0.05) is 36.7 Å². The predicted octanol–water partition coefficient (Wildman–Crippen LogP) is 4.14. The number of piperidine rings is 1. The van der Waals surface area contributed by atoms with Crippen molar-refractivity contribution in [3.63, 3.8) is 0 Å². The van der Waals surface area contributed by atoms with Crippen molar-refractivity contribution in [3.05, 3.63) is 47.0 Å². The highest BCUT2D eigenvalue weighted by Crippen LogP contribution is 2.38.